The van der Waals surface area contributed by atoms with Crippen LogP contribution in [-0.4, -0.2) is 36.1 Å². The molecule has 45 heavy (non-hydrogen) atoms. The van der Waals surface area contributed by atoms with E-state index in [0.717, 1.165) is 53.8 Å². The van der Waals surface area contributed by atoms with E-state index in [1.807, 2.05) is 37.4 Å². The van der Waals surface area contributed by atoms with Crippen LogP contribution in [0.2, 0.25) is 0 Å². The van der Waals surface area contributed by atoms with Crippen molar-refractivity contribution >= 4 is 22.7 Å². The average molecular weight is 603 g/mol. The first-order valence-electron chi connectivity index (χ1n) is 16.8. The fourth-order valence-corrected chi connectivity index (χ4v) is 8.85. The van der Waals surface area contributed by atoms with Gasteiger partial charge >= 0.3 is 0 Å². The summed E-state index contributed by atoms with van der Waals surface area (Å²) in [4.78, 5) is 9.50. The summed E-state index contributed by atoms with van der Waals surface area (Å²) in [5.74, 6) is -2.09. The molecule has 2 saturated heterocycles. The Hall–Kier alpha value is -3.48. The number of piperidine rings is 1. The smallest absolute Gasteiger partial charge is 0.299 e. The second-order valence-corrected chi connectivity index (χ2v) is 14.8. The number of benzene rings is 3. The Balaban J connectivity index is 0.000000141. The normalized spacial score (nSPS) is 28.7. The Morgan fingerprint density at radius 3 is 2.38 bits per heavy atom. The Labute approximate surface area is 264 Å². The average Bonchev–Trinajstić information content (AvgIpc) is 3.69. The lowest BCUT2D eigenvalue weighted by atomic mass is 9.93. The van der Waals surface area contributed by atoms with Crippen molar-refractivity contribution in [3.63, 3.8) is 0 Å². The zero-order chi connectivity index (χ0) is 30.5. The zero-order valence-corrected chi connectivity index (χ0v) is 26.1. The Kier molecular flexibility index (Phi) is 6.18. The van der Waals surface area contributed by atoms with Crippen molar-refractivity contribution in [2.45, 2.75) is 89.3 Å². The molecule has 1 unspecified atom stereocenters. The van der Waals surface area contributed by atoms with E-state index in [4.69, 9.17) is 4.99 Å². The van der Waals surface area contributed by atoms with Gasteiger partial charge in [-0.1, -0.05) is 47.5 Å². The van der Waals surface area contributed by atoms with Crippen LogP contribution in [0.3, 0.4) is 0 Å². The highest BCUT2D eigenvalue weighted by molar-refractivity contribution is 6.02. The fourth-order valence-electron chi connectivity index (χ4n) is 8.85. The predicted molar refractivity (Wildman–Crippen MR) is 178 cm³/mol. The SMILES string of the molecule is Cc1ccc2c(c1)C(F)(F)c1cc(C3=CN=C(C4CC5(CC5)CN4)C3)ccc1-2.Cc1ccc2c(c1)CC([C@H]1N[C@@H]3CC[C@H]1C3)=N2. The van der Waals surface area contributed by atoms with Gasteiger partial charge in [-0.2, -0.15) is 8.78 Å². The summed E-state index contributed by atoms with van der Waals surface area (Å²) in [7, 11) is 0. The summed E-state index contributed by atoms with van der Waals surface area (Å²) in [5, 5.41) is 7.36. The highest BCUT2D eigenvalue weighted by Crippen LogP contribution is 2.53. The van der Waals surface area contributed by atoms with Crippen molar-refractivity contribution < 1.29 is 8.78 Å². The van der Waals surface area contributed by atoms with Crippen LogP contribution in [0.25, 0.3) is 16.7 Å². The van der Waals surface area contributed by atoms with Gasteiger partial charge in [-0.15, -0.1) is 0 Å². The Morgan fingerprint density at radius 1 is 0.844 bits per heavy atom. The number of nitrogens with zero attached hydrogens (tertiary/aromatic N) is 2. The standard InChI is InChI=1S/C24H22F2N2.C15H18N2/c1-14-2-4-17-18-5-3-15(9-20(18)24(25,26)19(17)8-14)16-10-21(27-12-16)22-11-23(6-7-23)13-28-22;1-9-2-5-13-11(6-9)8-14(17-13)15-10-3-4-12(7-10)16-15/h2-5,8-9,12,22,28H,6-7,10-11,13H2,1H3;2,5-6,10,12,15-16H,3-4,7-8H2,1H3/t;10-,12+,15-/m.0/s1. The van der Waals surface area contributed by atoms with Crippen LogP contribution in [0.1, 0.15) is 78.3 Å². The van der Waals surface area contributed by atoms with E-state index in [1.54, 1.807) is 12.1 Å². The molecule has 230 valence electrons. The zero-order valence-electron chi connectivity index (χ0n) is 26.1. The summed E-state index contributed by atoms with van der Waals surface area (Å²) >= 11 is 0. The number of hydrogen-bond donors (Lipinski definition) is 2. The summed E-state index contributed by atoms with van der Waals surface area (Å²) < 4.78 is 30.3. The molecule has 2 N–H and O–H groups in total. The molecule has 6 heteroatoms. The quantitative estimate of drug-likeness (QED) is 0.318. The van der Waals surface area contributed by atoms with Crippen LogP contribution in [0, 0.1) is 25.2 Å². The minimum Gasteiger partial charge on any atom is -0.308 e. The number of fused-ring (bicyclic) bond motifs is 6. The molecule has 0 aromatic heterocycles. The molecule has 3 aliphatic carbocycles. The molecule has 2 bridgehead atoms. The van der Waals surface area contributed by atoms with Gasteiger partial charge in [0, 0.05) is 66.3 Å². The second-order valence-electron chi connectivity index (χ2n) is 14.8. The van der Waals surface area contributed by atoms with Gasteiger partial charge in [-0.3, -0.25) is 9.98 Å². The van der Waals surface area contributed by atoms with Crippen LogP contribution in [-0.2, 0) is 12.3 Å². The molecule has 4 atom stereocenters. The molecule has 7 aliphatic rings. The molecule has 3 aromatic carbocycles. The van der Waals surface area contributed by atoms with Crippen LogP contribution in [0.5, 0.6) is 0 Å². The molecular formula is C39H40F2N4. The molecule has 4 heterocycles. The van der Waals surface area contributed by atoms with Gasteiger partial charge in [0.1, 0.15) is 0 Å². The molecule has 3 aromatic rings. The monoisotopic (exact) mass is 602 g/mol. The van der Waals surface area contributed by atoms with Crippen LogP contribution in [0.15, 0.2) is 70.8 Å². The maximum absolute atomic E-state index is 15.1. The van der Waals surface area contributed by atoms with Crippen molar-refractivity contribution in [3.8, 4) is 11.1 Å². The summed E-state index contributed by atoms with van der Waals surface area (Å²) in [6.45, 7) is 5.11. The van der Waals surface area contributed by atoms with E-state index in [9.17, 15) is 0 Å². The fraction of sp³-hybridized carbons (Fsp3) is 0.436. The molecule has 10 rings (SSSR count). The highest BCUT2D eigenvalue weighted by Gasteiger charge is 2.49. The first-order valence-corrected chi connectivity index (χ1v) is 16.8. The van der Waals surface area contributed by atoms with Crippen molar-refractivity contribution in [1.29, 1.82) is 0 Å². The van der Waals surface area contributed by atoms with Gasteiger partial charge in [-0.25, -0.2) is 0 Å². The van der Waals surface area contributed by atoms with Crippen LogP contribution < -0.4 is 10.6 Å². The lowest BCUT2D eigenvalue weighted by molar-refractivity contribution is 0.0479. The third kappa shape index (κ3) is 4.67. The number of aliphatic imine (C=N–C) groups is 2. The van der Waals surface area contributed by atoms with Gasteiger partial charge in [-0.05, 0) is 110 Å². The molecule has 0 amide bonds. The van der Waals surface area contributed by atoms with Gasteiger partial charge in [0.15, 0.2) is 0 Å². The van der Waals surface area contributed by atoms with E-state index in [2.05, 4.69) is 40.7 Å². The van der Waals surface area contributed by atoms with E-state index >= 15 is 8.78 Å². The minimum atomic E-state index is -2.94. The van der Waals surface area contributed by atoms with Gasteiger partial charge in [0.05, 0.1) is 5.69 Å². The van der Waals surface area contributed by atoms with Crippen molar-refractivity contribution in [2.75, 3.05) is 6.54 Å². The number of hydrogen-bond acceptors (Lipinski definition) is 4. The van der Waals surface area contributed by atoms with E-state index in [0.29, 0.717) is 28.6 Å². The lowest BCUT2D eigenvalue weighted by Crippen LogP contribution is -2.41. The van der Waals surface area contributed by atoms with Crippen molar-refractivity contribution in [3.05, 3.63) is 94.2 Å². The maximum Gasteiger partial charge on any atom is 0.299 e. The molecule has 4 fully saturated rings. The second kappa shape index (κ2) is 10.0. The number of halogens is 2. The third-order valence-electron chi connectivity index (χ3n) is 11.6. The third-order valence-corrected chi connectivity index (χ3v) is 11.6. The molecule has 2 saturated carbocycles. The van der Waals surface area contributed by atoms with Crippen molar-refractivity contribution in [1.82, 2.24) is 10.6 Å². The number of rotatable bonds is 3. The molecule has 0 radical (unpaired) electrons. The maximum atomic E-state index is 15.1. The number of alkyl halides is 2. The molecule has 4 aliphatic heterocycles. The van der Waals surface area contributed by atoms with Crippen LogP contribution in [0.4, 0.5) is 14.5 Å². The van der Waals surface area contributed by atoms with Gasteiger partial charge in [0.25, 0.3) is 5.92 Å². The van der Waals surface area contributed by atoms with E-state index < -0.39 is 5.92 Å². The summed E-state index contributed by atoms with van der Waals surface area (Å²) in [5.41, 5.74) is 11.4. The Bertz CT molecular complexity index is 1830. The number of aryl methyl sites for hydroxylation is 2. The highest BCUT2D eigenvalue weighted by atomic mass is 19.3. The molecule has 4 nitrogen and oxygen atoms in total. The Morgan fingerprint density at radius 2 is 1.62 bits per heavy atom. The number of allylic oxidation sites excluding steroid dienone is 1. The topological polar surface area (TPSA) is 48.8 Å². The summed E-state index contributed by atoms with van der Waals surface area (Å²) in [6.07, 6.45) is 11.7. The molecular weight excluding hydrogens is 562 g/mol. The predicted octanol–water partition coefficient (Wildman–Crippen LogP) is 8.21. The van der Waals surface area contributed by atoms with Crippen molar-refractivity contribution in [2.24, 2.45) is 21.3 Å². The van der Waals surface area contributed by atoms with Crippen LogP contribution >= 0.6 is 0 Å². The molecule has 1 spiro atoms. The van der Waals surface area contributed by atoms with E-state index in [1.165, 1.54) is 61.1 Å². The first-order chi connectivity index (χ1) is 21.7. The van der Waals surface area contributed by atoms with Gasteiger partial charge in [0.2, 0.25) is 0 Å². The first kappa shape index (κ1) is 27.8. The van der Waals surface area contributed by atoms with Gasteiger partial charge < -0.3 is 10.6 Å². The largest absolute Gasteiger partial charge is 0.308 e. The number of nitrogens with one attached hydrogen (secondary N) is 2. The minimum absolute atomic E-state index is 0.121. The van der Waals surface area contributed by atoms with E-state index in [-0.39, 0.29) is 11.1 Å². The summed E-state index contributed by atoms with van der Waals surface area (Å²) in [6, 6.07) is 19.2. The lowest BCUT2D eigenvalue weighted by Gasteiger charge is -2.23.